The Morgan fingerprint density at radius 3 is 2.38 bits per heavy atom. The average Bonchev–Trinajstić information content (AvgIpc) is 2.90. The Balaban J connectivity index is 1.85. The second-order valence-electron chi connectivity index (χ2n) is 6.88. The summed E-state index contributed by atoms with van der Waals surface area (Å²) in [6.45, 7) is 13.7. The normalized spacial score (nSPS) is 19.9. The quantitative estimate of drug-likeness (QED) is 0.875. The van der Waals surface area contributed by atoms with Gasteiger partial charge in [0.15, 0.2) is 0 Å². The molecule has 1 N–H and O–H groups in total. The standard InChI is InChI=1S/C15H29N5O/c1-5-14(12-21)19-8-6-18(7-9-19)10-13-11-20(17-16-13)15(2,3)4/h11,14,21H,5-10,12H2,1-4H3. The first-order valence-corrected chi connectivity index (χ1v) is 7.93. The van der Waals surface area contributed by atoms with Gasteiger partial charge in [-0.05, 0) is 27.2 Å². The number of aliphatic hydroxyl groups is 1. The molecule has 1 aromatic heterocycles. The number of hydrogen-bond acceptors (Lipinski definition) is 5. The SMILES string of the molecule is CCC(CO)N1CCN(Cc2cn(C(C)(C)C)nn2)CC1. The van der Waals surface area contributed by atoms with Crippen LogP contribution in [0.3, 0.4) is 0 Å². The zero-order chi connectivity index (χ0) is 15.5. The molecule has 0 bridgehead atoms. The zero-order valence-corrected chi connectivity index (χ0v) is 13.8. The van der Waals surface area contributed by atoms with Gasteiger partial charge in [-0.2, -0.15) is 0 Å². The van der Waals surface area contributed by atoms with Crippen LogP contribution in [0, 0.1) is 0 Å². The van der Waals surface area contributed by atoms with Crippen molar-refractivity contribution in [3.63, 3.8) is 0 Å². The number of hydrogen-bond donors (Lipinski definition) is 1. The first-order chi connectivity index (χ1) is 9.94. The van der Waals surface area contributed by atoms with Gasteiger partial charge in [0, 0.05) is 38.8 Å². The summed E-state index contributed by atoms with van der Waals surface area (Å²) in [6.07, 6.45) is 3.06. The number of piperazine rings is 1. The summed E-state index contributed by atoms with van der Waals surface area (Å²) in [5, 5.41) is 17.9. The van der Waals surface area contributed by atoms with Gasteiger partial charge < -0.3 is 5.11 Å². The van der Waals surface area contributed by atoms with Crippen molar-refractivity contribution in [3.05, 3.63) is 11.9 Å². The van der Waals surface area contributed by atoms with Crippen molar-refractivity contribution >= 4 is 0 Å². The fourth-order valence-electron chi connectivity index (χ4n) is 2.72. The highest BCUT2D eigenvalue weighted by molar-refractivity contribution is 4.95. The topological polar surface area (TPSA) is 57.4 Å². The Morgan fingerprint density at radius 1 is 1.24 bits per heavy atom. The van der Waals surface area contributed by atoms with Gasteiger partial charge in [-0.1, -0.05) is 12.1 Å². The summed E-state index contributed by atoms with van der Waals surface area (Å²) < 4.78 is 1.93. The number of rotatable bonds is 5. The molecular formula is C15H29N5O. The van der Waals surface area contributed by atoms with E-state index in [1.54, 1.807) is 0 Å². The molecule has 120 valence electrons. The fraction of sp³-hybridized carbons (Fsp3) is 0.867. The van der Waals surface area contributed by atoms with E-state index in [4.69, 9.17) is 0 Å². The predicted molar refractivity (Wildman–Crippen MR) is 83.0 cm³/mol. The molecule has 0 saturated carbocycles. The van der Waals surface area contributed by atoms with Crippen molar-refractivity contribution in [2.45, 2.75) is 52.2 Å². The van der Waals surface area contributed by atoms with Gasteiger partial charge in [-0.15, -0.1) is 5.10 Å². The minimum atomic E-state index is -0.0145. The highest BCUT2D eigenvalue weighted by Gasteiger charge is 2.23. The van der Waals surface area contributed by atoms with Crippen LogP contribution < -0.4 is 0 Å². The lowest BCUT2D eigenvalue weighted by molar-refractivity contribution is 0.0603. The van der Waals surface area contributed by atoms with Crippen molar-refractivity contribution in [2.75, 3.05) is 32.8 Å². The molecule has 0 aromatic carbocycles. The number of nitrogens with zero attached hydrogens (tertiary/aromatic N) is 5. The van der Waals surface area contributed by atoms with Crippen LogP contribution in [0.1, 0.15) is 39.8 Å². The van der Waals surface area contributed by atoms with Crippen molar-refractivity contribution in [1.82, 2.24) is 24.8 Å². The van der Waals surface area contributed by atoms with Crippen molar-refractivity contribution in [3.8, 4) is 0 Å². The lowest BCUT2D eigenvalue weighted by atomic mass is 10.1. The number of aromatic nitrogens is 3. The molecule has 0 aliphatic carbocycles. The lowest BCUT2D eigenvalue weighted by Gasteiger charge is -2.38. The Kier molecular flexibility index (Phi) is 5.35. The third-order valence-corrected chi connectivity index (χ3v) is 4.22. The van der Waals surface area contributed by atoms with Gasteiger partial charge in [0.05, 0.1) is 24.0 Å². The molecule has 1 atom stereocenters. The Bertz CT molecular complexity index is 428. The molecule has 1 fully saturated rings. The van der Waals surface area contributed by atoms with Crippen molar-refractivity contribution in [1.29, 1.82) is 0 Å². The molecule has 2 heterocycles. The van der Waals surface area contributed by atoms with Gasteiger partial charge >= 0.3 is 0 Å². The highest BCUT2D eigenvalue weighted by atomic mass is 16.3. The minimum absolute atomic E-state index is 0.0145. The Morgan fingerprint density at radius 2 is 1.90 bits per heavy atom. The van der Waals surface area contributed by atoms with Crippen LogP contribution in [0.25, 0.3) is 0 Å². The Hall–Kier alpha value is -0.980. The first-order valence-electron chi connectivity index (χ1n) is 7.93. The largest absolute Gasteiger partial charge is 0.395 e. The van der Waals surface area contributed by atoms with E-state index in [0.717, 1.165) is 44.8 Å². The summed E-state index contributed by atoms with van der Waals surface area (Å²) in [6, 6.07) is 0.314. The fourth-order valence-corrected chi connectivity index (χ4v) is 2.72. The molecule has 21 heavy (non-hydrogen) atoms. The highest BCUT2D eigenvalue weighted by Crippen LogP contribution is 2.14. The molecule has 1 aromatic rings. The summed E-state index contributed by atoms with van der Waals surface area (Å²) in [4.78, 5) is 4.81. The van der Waals surface area contributed by atoms with Crippen LogP contribution in [-0.4, -0.2) is 68.7 Å². The van der Waals surface area contributed by atoms with Crippen LogP contribution in [0.4, 0.5) is 0 Å². The molecule has 2 rings (SSSR count). The average molecular weight is 295 g/mol. The molecule has 0 spiro atoms. The number of aliphatic hydroxyl groups excluding tert-OH is 1. The zero-order valence-electron chi connectivity index (χ0n) is 13.8. The van der Waals surface area contributed by atoms with Crippen LogP contribution in [0.2, 0.25) is 0 Å². The van der Waals surface area contributed by atoms with Crippen molar-refractivity contribution in [2.24, 2.45) is 0 Å². The van der Waals surface area contributed by atoms with E-state index in [1.165, 1.54) is 0 Å². The molecule has 1 saturated heterocycles. The third kappa shape index (κ3) is 4.25. The summed E-state index contributed by atoms with van der Waals surface area (Å²) in [5.41, 5.74) is 1.02. The second-order valence-corrected chi connectivity index (χ2v) is 6.88. The molecular weight excluding hydrogens is 266 g/mol. The maximum atomic E-state index is 9.38. The maximum Gasteiger partial charge on any atom is 0.0967 e. The van der Waals surface area contributed by atoms with Crippen LogP contribution in [0.5, 0.6) is 0 Å². The van der Waals surface area contributed by atoms with Crippen LogP contribution in [-0.2, 0) is 12.1 Å². The summed E-state index contributed by atoms with van der Waals surface area (Å²) >= 11 is 0. The lowest BCUT2D eigenvalue weighted by Crippen LogP contribution is -2.50. The Labute approximate surface area is 127 Å². The van der Waals surface area contributed by atoms with E-state index in [1.807, 2.05) is 4.68 Å². The third-order valence-electron chi connectivity index (χ3n) is 4.22. The van der Waals surface area contributed by atoms with E-state index in [0.29, 0.717) is 6.04 Å². The van der Waals surface area contributed by atoms with E-state index in [9.17, 15) is 5.11 Å². The van der Waals surface area contributed by atoms with Gasteiger partial charge in [0.25, 0.3) is 0 Å². The first kappa shape index (κ1) is 16.4. The monoisotopic (exact) mass is 295 g/mol. The van der Waals surface area contributed by atoms with E-state index in [-0.39, 0.29) is 12.1 Å². The van der Waals surface area contributed by atoms with Gasteiger partial charge in [0.1, 0.15) is 0 Å². The van der Waals surface area contributed by atoms with E-state index < -0.39 is 0 Å². The molecule has 1 aliphatic heterocycles. The van der Waals surface area contributed by atoms with E-state index in [2.05, 4.69) is 54.0 Å². The minimum Gasteiger partial charge on any atom is -0.395 e. The molecule has 1 unspecified atom stereocenters. The predicted octanol–water partition coefficient (Wildman–Crippen LogP) is 0.922. The van der Waals surface area contributed by atoms with E-state index >= 15 is 0 Å². The summed E-state index contributed by atoms with van der Waals surface area (Å²) in [5.74, 6) is 0. The maximum absolute atomic E-state index is 9.38. The van der Waals surface area contributed by atoms with Crippen LogP contribution >= 0.6 is 0 Å². The summed E-state index contributed by atoms with van der Waals surface area (Å²) in [7, 11) is 0. The van der Waals surface area contributed by atoms with Gasteiger partial charge in [-0.3, -0.25) is 9.80 Å². The van der Waals surface area contributed by atoms with Gasteiger partial charge in [0.2, 0.25) is 0 Å². The smallest absolute Gasteiger partial charge is 0.0967 e. The molecule has 0 amide bonds. The molecule has 1 aliphatic rings. The van der Waals surface area contributed by atoms with Crippen LogP contribution in [0.15, 0.2) is 6.20 Å². The second kappa shape index (κ2) is 6.85. The van der Waals surface area contributed by atoms with Crippen molar-refractivity contribution < 1.29 is 5.11 Å². The molecule has 6 heteroatoms. The molecule has 0 radical (unpaired) electrons. The van der Waals surface area contributed by atoms with Gasteiger partial charge in [-0.25, -0.2) is 4.68 Å². The molecule has 6 nitrogen and oxygen atoms in total.